The van der Waals surface area contributed by atoms with Gasteiger partial charge in [0.25, 0.3) is 6.33 Å². The summed E-state index contributed by atoms with van der Waals surface area (Å²) in [5, 5.41) is 0. The second-order valence-corrected chi connectivity index (χ2v) is 12.9. The minimum atomic E-state index is 0.688. The summed E-state index contributed by atoms with van der Waals surface area (Å²) in [5.74, 6) is 3.61. The Morgan fingerprint density at radius 2 is 1.21 bits per heavy atom. The Bertz CT molecular complexity index is 3100. The van der Waals surface area contributed by atoms with E-state index >= 15 is 0 Å². The lowest BCUT2D eigenvalue weighted by Crippen LogP contribution is -2.31. The number of rotatable bonds is 6. The van der Waals surface area contributed by atoms with E-state index in [0.717, 1.165) is 73.0 Å². The number of nitrogens with zero attached hydrogens (tertiary/aromatic N) is 8. The smallest absolute Gasteiger partial charge is 0.269 e. The first-order chi connectivity index (χ1) is 26.3. The van der Waals surface area contributed by atoms with Crippen molar-refractivity contribution in [1.82, 2.24) is 32.7 Å². The van der Waals surface area contributed by atoms with Gasteiger partial charge in [0.2, 0.25) is 17.3 Å². The number of imidazole rings is 4. The van der Waals surface area contributed by atoms with Crippen LogP contribution in [-0.4, -0.2) is 32.7 Å². The first kappa shape index (κ1) is 29.2. The van der Waals surface area contributed by atoms with Crippen molar-refractivity contribution in [1.29, 1.82) is 0 Å². The molecule has 0 saturated carbocycles. The Balaban J connectivity index is 1.04. The largest absolute Gasteiger partial charge is 0.458 e. The molecular weight excluding hydrogens is 657 g/mol. The van der Waals surface area contributed by atoms with Crippen LogP contribution in [0.1, 0.15) is 0 Å². The molecule has 0 aliphatic carbocycles. The Labute approximate surface area is 302 Å². The summed E-state index contributed by atoms with van der Waals surface area (Å²) in [6, 6.07) is 50.1. The molecule has 6 aromatic carbocycles. The quantitative estimate of drug-likeness (QED) is 0.130. The molecule has 11 aromatic rings. The van der Waals surface area contributed by atoms with Gasteiger partial charge in [0.1, 0.15) is 11.5 Å². The van der Waals surface area contributed by atoms with Crippen LogP contribution in [-0.2, 0) is 0 Å². The molecule has 0 amide bonds. The van der Waals surface area contributed by atoms with Crippen LogP contribution in [0.3, 0.4) is 0 Å². The molecule has 250 valence electrons. The van der Waals surface area contributed by atoms with Crippen molar-refractivity contribution in [3.63, 3.8) is 0 Å². The molecule has 0 radical (unpaired) electrons. The normalized spacial score (nSPS) is 11.8. The SMILES string of the molecule is [c-]1n(-c2cccc(Oc3ccc4nc5n6ccnc6n6ccnc6n5c4c3)c2)c2ccccc2[n+]1-c1c(-c2ccccc2)cccc1-c1ccccc1. The molecule has 53 heavy (non-hydrogen) atoms. The Morgan fingerprint density at radius 1 is 0.547 bits per heavy atom. The molecule has 0 atom stereocenters. The summed E-state index contributed by atoms with van der Waals surface area (Å²) in [4.78, 5) is 14.1. The predicted octanol–water partition coefficient (Wildman–Crippen LogP) is 8.93. The molecule has 9 heteroatoms. The number of hydrogen-bond donors (Lipinski definition) is 0. The third-order valence-electron chi connectivity index (χ3n) is 9.79. The van der Waals surface area contributed by atoms with Gasteiger partial charge in [0, 0.05) is 30.9 Å². The van der Waals surface area contributed by atoms with E-state index in [2.05, 4.69) is 141 Å². The van der Waals surface area contributed by atoms with Crippen molar-refractivity contribution in [2.45, 2.75) is 0 Å². The maximum Gasteiger partial charge on any atom is 0.269 e. The number of ether oxygens (including phenoxy) is 1. The van der Waals surface area contributed by atoms with E-state index < -0.39 is 0 Å². The van der Waals surface area contributed by atoms with Gasteiger partial charge < -0.3 is 4.74 Å². The maximum atomic E-state index is 6.57. The number of benzene rings is 6. The van der Waals surface area contributed by atoms with Crippen molar-refractivity contribution >= 4 is 39.4 Å². The molecule has 9 nitrogen and oxygen atoms in total. The number of aromatic nitrogens is 8. The lowest BCUT2D eigenvalue weighted by Gasteiger charge is -2.17. The molecule has 0 aliphatic heterocycles. The standard InChI is InChI=1S/C44H28N8O/c1-3-11-30(12-4-1)35-17-10-18-36(31-13-5-2-6-14-31)41(35)51-29-50(38-19-7-8-20-39(38)51)32-15-9-16-33(27-32)53-34-21-22-37-40(28-34)52-43-46-24-25-48(43)42-45-23-26-49(42)44(52)47-37/h1-28H. The lowest BCUT2D eigenvalue weighted by atomic mass is 9.95. The van der Waals surface area contributed by atoms with Crippen LogP contribution in [0.4, 0.5) is 0 Å². The third-order valence-corrected chi connectivity index (χ3v) is 9.79. The Morgan fingerprint density at radius 3 is 1.98 bits per heavy atom. The van der Waals surface area contributed by atoms with Crippen LogP contribution < -0.4 is 9.30 Å². The minimum absolute atomic E-state index is 0.688. The molecule has 0 saturated heterocycles. The second kappa shape index (κ2) is 11.5. The number of hydrogen-bond acceptors (Lipinski definition) is 4. The molecule has 5 aromatic heterocycles. The summed E-state index contributed by atoms with van der Waals surface area (Å²) in [5.41, 5.74) is 10.3. The van der Waals surface area contributed by atoms with Gasteiger partial charge in [-0.3, -0.25) is 17.9 Å². The number of para-hydroxylation sites is 3. The summed E-state index contributed by atoms with van der Waals surface area (Å²) in [6.45, 7) is 0. The van der Waals surface area contributed by atoms with Gasteiger partial charge in [-0.05, 0) is 52.6 Å². The van der Waals surface area contributed by atoms with Crippen LogP contribution >= 0.6 is 0 Å². The average Bonchev–Trinajstić information content (AvgIpc) is 4.03. The van der Waals surface area contributed by atoms with Crippen LogP contribution in [0.15, 0.2) is 170 Å². The van der Waals surface area contributed by atoms with Crippen molar-refractivity contribution in [2.24, 2.45) is 0 Å². The zero-order chi connectivity index (χ0) is 34.9. The zero-order valence-corrected chi connectivity index (χ0v) is 28.2. The molecule has 5 heterocycles. The van der Waals surface area contributed by atoms with Crippen molar-refractivity contribution < 1.29 is 9.30 Å². The van der Waals surface area contributed by atoms with Gasteiger partial charge >= 0.3 is 0 Å². The summed E-state index contributed by atoms with van der Waals surface area (Å²) >= 11 is 0. The first-order valence-electron chi connectivity index (χ1n) is 17.4. The molecule has 11 rings (SSSR count). The molecule has 0 N–H and O–H groups in total. The monoisotopic (exact) mass is 684 g/mol. The average molecular weight is 685 g/mol. The van der Waals surface area contributed by atoms with E-state index in [1.165, 1.54) is 0 Å². The lowest BCUT2D eigenvalue weighted by molar-refractivity contribution is -0.571. The van der Waals surface area contributed by atoms with Gasteiger partial charge in [0.05, 0.1) is 33.4 Å². The predicted molar refractivity (Wildman–Crippen MR) is 205 cm³/mol. The summed E-state index contributed by atoms with van der Waals surface area (Å²) in [6.07, 6.45) is 11.1. The maximum absolute atomic E-state index is 6.57. The zero-order valence-electron chi connectivity index (χ0n) is 28.2. The second-order valence-electron chi connectivity index (χ2n) is 12.9. The highest BCUT2D eigenvalue weighted by atomic mass is 16.5. The van der Waals surface area contributed by atoms with E-state index in [1.54, 1.807) is 12.4 Å². The van der Waals surface area contributed by atoms with E-state index in [9.17, 15) is 0 Å². The third kappa shape index (κ3) is 4.57. The fourth-order valence-electron chi connectivity index (χ4n) is 7.44. The molecule has 0 bridgehead atoms. The van der Waals surface area contributed by atoms with Gasteiger partial charge in [-0.15, -0.1) is 0 Å². The van der Waals surface area contributed by atoms with Gasteiger partial charge in [-0.1, -0.05) is 109 Å². The Kier molecular flexibility index (Phi) is 6.35. The topological polar surface area (TPSA) is 69.9 Å². The van der Waals surface area contributed by atoms with E-state index in [0.29, 0.717) is 11.5 Å². The summed E-state index contributed by atoms with van der Waals surface area (Å²) < 4.78 is 16.8. The highest BCUT2D eigenvalue weighted by Gasteiger charge is 2.20. The number of fused-ring (bicyclic) bond motifs is 9. The fourth-order valence-corrected chi connectivity index (χ4v) is 7.44. The molecule has 0 unspecified atom stereocenters. The van der Waals surface area contributed by atoms with Crippen molar-refractivity contribution in [3.8, 4) is 45.1 Å². The van der Waals surface area contributed by atoms with Gasteiger partial charge in [0.15, 0.2) is 0 Å². The van der Waals surface area contributed by atoms with E-state index in [4.69, 9.17) is 9.72 Å². The first-order valence-corrected chi connectivity index (χ1v) is 17.4. The highest BCUT2D eigenvalue weighted by Crippen LogP contribution is 2.35. The summed E-state index contributed by atoms with van der Waals surface area (Å²) in [7, 11) is 0. The fraction of sp³-hybridized carbons (Fsp3) is 0. The van der Waals surface area contributed by atoms with E-state index in [1.807, 2.05) is 55.9 Å². The Hall–Kier alpha value is -7.52. The highest BCUT2D eigenvalue weighted by molar-refractivity contribution is 5.85. The minimum Gasteiger partial charge on any atom is -0.458 e. The van der Waals surface area contributed by atoms with Crippen molar-refractivity contribution in [3.05, 3.63) is 177 Å². The van der Waals surface area contributed by atoms with Crippen LogP contribution in [0, 0.1) is 6.33 Å². The van der Waals surface area contributed by atoms with Crippen LogP contribution in [0.25, 0.3) is 73.0 Å². The van der Waals surface area contributed by atoms with Gasteiger partial charge in [-0.25, -0.2) is 19.4 Å². The van der Waals surface area contributed by atoms with Crippen molar-refractivity contribution in [2.75, 3.05) is 0 Å². The van der Waals surface area contributed by atoms with Crippen LogP contribution in [0.5, 0.6) is 11.5 Å². The molecule has 0 spiro atoms. The van der Waals surface area contributed by atoms with E-state index in [-0.39, 0.29) is 0 Å². The molecular formula is C44H28N8O. The van der Waals surface area contributed by atoms with Crippen LogP contribution in [0.2, 0.25) is 0 Å². The molecule has 0 fully saturated rings. The molecule has 0 aliphatic rings. The van der Waals surface area contributed by atoms with Gasteiger partial charge in [-0.2, -0.15) is 0 Å².